The molecule has 0 saturated carbocycles. The minimum Gasteiger partial charge on any atom is -0.369 e. The summed E-state index contributed by atoms with van der Waals surface area (Å²) in [4.78, 5) is 13.1. The zero-order valence-electron chi connectivity index (χ0n) is 12.4. The monoisotopic (exact) mass is 298 g/mol. The zero-order valence-corrected chi connectivity index (χ0v) is 12.4. The third-order valence-electron chi connectivity index (χ3n) is 4.83. The van der Waals surface area contributed by atoms with Gasteiger partial charge in [0.15, 0.2) is 0 Å². The second-order valence-corrected chi connectivity index (χ2v) is 6.16. The van der Waals surface area contributed by atoms with Crippen molar-refractivity contribution < 1.29 is 4.39 Å². The van der Waals surface area contributed by atoms with Crippen LogP contribution in [0, 0.1) is 17.7 Å². The van der Waals surface area contributed by atoms with Crippen molar-refractivity contribution in [2.24, 2.45) is 11.8 Å². The highest BCUT2D eigenvalue weighted by atomic mass is 19.1. The number of benzene rings is 1. The molecule has 5 heteroatoms. The molecule has 4 rings (SSSR count). The number of anilines is 2. The lowest BCUT2D eigenvalue weighted by molar-refractivity contribution is 0.346. The first kappa shape index (κ1) is 13.5. The average molecular weight is 298 g/mol. The maximum atomic E-state index is 14.0. The van der Waals surface area contributed by atoms with Crippen LogP contribution in [0.3, 0.4) is 0 Å². The van der Waals surface area contributed by atoms with E-state index in [1.54, 1.807) is 24.5 Å². The van der Waals surface area contributed by atoms with E-state index < -0.39 is 0 Å². The van der Waals surface area contributed by atoms with Crippen LogP contribution in [0.15, 0.2) is 42.7 Å². The number of nitrogens with zero attached hydrogens (tertiary/aromatic N) is 4. The molecule has 2 aliphatic heterocycles. The van der Waals surface area contributed by atoms with Crippen LogP contribution in [0.4, 0.5) is 16.0 Å². The normalized spacial score (nSPS) is 24.4. The Kier molecular flexibility index (Phi) is 3.41. The Labute approximate surface area is 129 Å². The molecule has 2 fully saturated rings. The molecule has 114 valence electrons. The Balaban J connectivity index is 1.49. The highest BCUT2D eigenvalue weighted by molar-refractivity contribution is 5.49. The fraction of sp³-hybridized carbons (Fsp3) is 0.412. The topological polar surface area (TPSA) is 32.3 Å². The van der Waals surface area contributed by atoms with Crippen molar-refractivity contribution in [2.75, 3.05) is 36.0 Å². The maximum absolute atomic E-state index is 14.0. The van der Waals surface area contributed by atoms with Crippen LogP contribution in [0.2, 0.25) is 0 Å². The molecule has 2 saturated heterocycles. The predicted molar refractivity (Wildman–Crippen MR) is 84.5 cm³/mol. The van der Waals surface area contributed by atoms with Gasteiger partial charge in [0, 0.05) is 38.6 Å². The van der Waals surface area contributed by atoms with E-state index in [9.17, 15) is 4.39 Å². The van der Waals surface area contributed by atoms with Gasteiger partial charge in [0.05, 0.1) is 5.69 Å². The fourth-order valence-electron chi connectivity index (χ4n) is 3.71. The molecule has 2 aliphatic rings. The summed E-state index contributed by atoms with van der Waals surface area (Å²) in [7, 11) is 0. The summed E-state index contributed by atoms with van der Waals surface area (Å²) in [5.74, 6) is 1.88. The van der Waals surface area contributed by atoms with Crippen molar-refractivity contribution >= 4 is 11.6 Å². The number of fused-ring (bicyclic) bond motifs is 1. The van der Waals surface area contributed by atoms with Gasteiger partial charge in [0.25, 0.3) is 0 Å². The number of para-hydroxylation sites is 1. The van der Waals surface area contributed by atoms with Gasteiger partial charge in [0.2, 0.25) is 5.95 Å². The molecule has 1 aromatic carbocycles. The van der Waals surface area contributed by atoms with E-state index in [2.05, 4.69) is 19.8 Å². The highest BCUT2D eigenvalue weighted by Crippen LogP contribution is 2.35. The number of aromatic nitrogens is 2. The van der Waals surface area contributed by atoms with E-state index >= 15 is 0 Å². The molecule has 0 spiro atoms. The van der Waals surface area contributed by atoms with Gasteiger partial charge in [-0.1, -0.05) is 12.1 Å². The quantitative estimate of drug-likeness (QED) is 0.853. The van der Waals surface area contributed by atoms with Crippen LogP contribution in [0.1, 0.15) is 6.42 Å². The molecule has 22 heavy (non-hydrogen) atoms. The molecule has 3 heterocycles. The van der Waals surface area contributed by atoms with Gasteiger partial charge in [-0.15, -0.1) is 0 Å². The van der Waals surface area contributed by atoms with Gasteiger partial charge < -0.3 is 9.80 Å². The Bertz CT molecular complexity index is 648. The number of hydrogen-bond donors (Lipinski definition) is 0. The second kappa shape index (κ2) is 5.55. The largest absolute Gasteiger partial charge is 0.369 e. The molecular weight excluding hydrogens is 279 g/mol. The average Bonchev–Trinajstić information content (AvgIpc) is 2.99. The Morgan fingerprint density at radius 3 is 2.45 bits per heavy atom. The SMILES string of the molecule is Fc1ccccc1N1C[C@H]2CCN(c3ncccn3)C[C@H]2C1. The van der Waals surface area contributed by atoms with E-state index in [1.165, 1.54) is 0 Å². The summed E-state index contributed by atoms with van der Waals surface area (Å²) in [6.07, 6.45) is 4.69. The first-order valence-corrected chi connectivity index (χ1v) is 7.83. The van der Waals surface area contributed by atoms with Gasteiger partial charge in [-0.3, -0.25) is 0 Å². The standard InChI is InChI=1S/C17H19FN4/c18-15-4-1-2-5-16(15)22-10-13-6-9-21(11-14(13)12-22)17-19-7-3-8-20-17/h1-5,7-8,13-14H,6,9-12H2/t13-,14+/m1/s1. The van der Waals surface area contributed by atoms with E-state index in [4.69, 9.17) is 0 Å². The van der Waals surface area contributed by atoms with Crippen LogP contribution in [-0.4, -0.2) is 36.1 Å². The molecule has 4 nitrogen and oxygen atoms in total. The van der Waals surface area contributed by atoms with Crippen LogP contribution in [0.25, 0.3) is 0 Å². The molecule has 1 aromatic heterocycles. The summed E-state index contributed by atoms with van der Waals surface area (Å²) in [6, 6.07) is 8.92. The van der Waals surface area contributed by atoms with E-state index in [-0.39, 0.29) is 5.82 Å². The molecule has 2 atom stereocenters. The van der Waals surface area contributed by atoms with Crippen LogP contribution >= 0.6 is 0 Å². The summed E-state index contributed by atoms with van der Waals surface area (Å²) in [5, 5.41) is 0. The minimum atomic E-state index is -0.121. The molecule has 0 bridgehead atoms. The number of hydrogen-bond acceptors (Lipinski definition) is 4. The Hall–Kier alpha value is -2.17. The molecule has 0 N–H and O–H groups in total. The molecule has 2 aromatic rings. The smallest absolute Gasteiger partial charge is 0.225 e. The molecular formula is C17H19FN4. The fourth-order valence-corrected chi connectivity index (χ4v) is 3.71. The molecule has 0 aliphatic carbocycles. The van der Waals surface area contributed by atoms with Gasteiger partial charge >= 0.3 is 0 Å². The van der Waals surface area contributed by atoms with E-state index in [0.717, 1.165) is 44.2 Å². The molecule has 0 amide bonds. The summed E-state index contributed by atoms with van der Waals surface area (Å²) < 4.78 is 14.0. The lowest BCUT2D eigenvalue weighted by Gasteiger charge is -2.34. The number of rotatable bonds is 2. The Morgan fingerprint density at radius 2 is 1.64 bits per heavy atom. The lowest BCUT2D eigenvalue weighted by Crippen LogP contribution is -2.40. The molecule has 0 unspecified atom stereocenters. The summed E-state index contributed by atoms with van der Waals surface area (Å²) in [5.41, 5.74) is 0.736. The van der Waals surface area contributed by atoms with E-state index in [0.29, 0.717) is 11.8 Å². The van der Waals surface area contributed by atoms with Gasteiger partial charge in [0.1, 0.15) is 5.82 Å². The summed E-state index contributed by atoms with van der Waals surface area (Å²) in [6.45, 7) is 3.81. The number of halogens is 1. The van der Waals surface area contributed by atoms with Crippen molar-refractivity contribution in [1.82, 2.24) is 9.97 Å². The van der Waals surface area contributed by atoms with Gasteiger partial charge in [-0.2, -0.15) is 0 Å². The minimum absolute atomic E-state index is 0.121. The van der Waals surface area contributed by atoms with Crippen LogP contribution in [0.5, 0.6) is 0 Å². The van der Waals surface area contributed by atoms with Crippen molar-refractivity contribution in [3.05, 3.63) is 48.5 Å². The lowest BCUT2D eigenvalue weighted by atomic mass is 9.89. The van der Waals surface area contributed by atoms with Crippen LogP contribution in [-0.2, 0) is 0 Å². The zero-order chi connectivity index (χ0) is 14.9. The third kappa shape index (κ3) is 2.40. The first-order chi connectivity index (χ1) is 10.8. The van der Waals surface area contributed by atoms with Crippen molar-refractivity contribution in [1.29, 1.82) is 0 Å². The first-order valence-electron chi connectivity index (χ1n) is 7.83. The third-order valence-corrected chi connectivity index (χ3v) is 4.83. The van der Waals surface area contributed by atoms with Crippen molar-refractivity contribution in [2.45, 2.75) is 6.42 Å². The van der Waals surface area contributed by atoms with Gasteiger partial charge in [-0.25, -0.2) is 14.4 Å². The van der Waals surface area contributed by atoms with Crippen molar-refractivity contribution in [3.63, 3.8) is 0 Å². The highest BCUT2D eigenvalue weighted by Gasteiger charge is 2.38. The van der Waals surface area contributed by atoms with Gasteiger partial charge in [-0.05, 0) is 36.5 Å². The Morgan fingerprint density at radius 1 is 0.909 bits per heavy atom. The number of piperidine rings is 1. The molecule has 0 radical (unpaired) electrons. The second-order valence-electron chi connectivity index (χ2n) is 6.16. The van der Waals surface area contributed by atoms with E-state index in [1.807, 2.05) is 18.2 Å². The van der Waals surface area contributed by atoms with Crippen molar-refractivity contribution in [3.8, 4) is 0 Å². The van der Waals surface area contributed by atoms with Crippen LogP contribution < -0.4 is 9.80 Å². The maximum Gasteiger partial charge on any atom is 0.225 e. The summed E-state index contributed by atoms with van der Waals surface area (Å²) >= 11 is 0. The predicted octanol–water partition coefficient (Wildman–Crippen LogP) is 2.58.